The summed E-state index contributed by atoms with van der Waals surface area (Å²) in [5.74, 6) is 1.57. The molecule has 2 aromatic rings. The van der Waals surface area contributed by atoms with Crippen molar-refractivity contribution >= 4 is 39.4 Å². The molecule has 0 unspecified atom stereocenters. The molecule has 1 amide bonds. The Hall–Kier alpha value is -3.07. The SMILES string of the molecule is CCOc1cc(C(=O)CN2Cc3cc(N(C)C)c(C(=O)NC)cc3/C2=N/Br)cc(C(C)(C)C)c1OC. The second-order valence-electron chi connectivity index (χ2n) is 9.93. The zero-order valence-electron chi connectivity index (χ0n) is 22.3. The smallest absolute Gasteiger partial charge is 0.253 e. The largest absolute Gasteiger partial charge is 0.493 e. The molecule has 2 aromatic carbocycles. The lowest BCUT2D eigenvalue weighted by molar-refractivity contribution is 0.0955. The number of methoxy groups -OCH3 is 1. The van der Waals surface area contributed by atoms with E-state index in [0.29, 0.717) is 41.6 Å². The van der Waals surface area contributed by atoms with E-state index in [2.05, 4.69) is 46.3 Å². The van der Waals surface area contributed by atoms with Gasteiger partial charge in [0.1, 0.15) is 5.84 Å². The first kappa shape index (κ1) is 27.5. The van der Waals surface area contributed by atoms with Crippen LogP contribution < -0.4 is 19.7 Å². The van der Waals surface area contributed by atoms with Crippen LogP contribution in [0.15, 0.2) is 28.3 Å². The number of carbonyl (C=O) groups excluding carboxylic acids is 2. The van der Waals surface area contributed by atoms with Gasteiger partial charge >= 0.3 is 0 Å². The standard InChI is InChI=1S/C27H35BrN4O4/c1-9-36-23-12-16(10-20(24(23)35-8)27(2,3)4)22(33)15-32-14-17-11-21(31(6)7)19(26(34)29-5)13-18(17)25(32)30-28/h10-13H,9,14-15H2,1-8H3,(H,29,34)/b30-25-. The van der Waals surface area contributed by atoms with E-state index >= 15 is 0 Å². The summed E-state index contributed by atoms with van der Waals surface area (Å²) in [5, 5.41) is 2.70. The van der Waals surface area contributed by atoms with Gasteiger partial charge in [-0.1, -0.05) is 20.8 Å². The van der Waals surface area contributed by atoms with Gasteiger partial charge in [-0.3, -0.25) is 9.59 Å². The number of ketones is 1. The minimum absolute atomic E-state index is 0.0649. The molecule has 0 radical (unpaired) electrons. The van der Waals surface area contributed by atoms with Crippen LogP contribution in [0.2, 0.25) is 0 Å². The van der Waals surface area contributed by atoms with Crippen LogP contribution in [0.4, 0.5) is 5.69 Å². The first-order chi connectivity index (χ1) is 17.0. The number of hydrogen-bond acceptors (Lipinski definition) is 6. The van der Waals surface area contributed by atoms with Crippen LogP contribution in [-0.2, 0) is 12.0 Å². The second kappa shape index (κ2) is 10.9. The Labute approximate surface area is 222 Å². The first-order valence-corrected chi connectivity index (χ1v) is 12.6. The zero-order valence-corrected chi connectivity index (χ0v) is 23.9. The van der Waals surface area contributed by atoms with E-state index in [-0.39, 0.29) is 23.7 Å². The van der Waals surface area contributed by atoms with Gasteiger partial charge < -0.3 is 24.6 Å². The number of ether oxygens (including phenoxy) is 2. The van der Waals surface area contributed by atoms with Crippen LogP contribution in [0.5, 0.6) is 11.5 Å². The van der Waals surface area contributed by atoms with Crippen LogP contribution >= 0.6 is 16.1 Å². The fourth-order valence-electron chi connectivity index (χ4n) is 4.40. The highest BCUT2D eigenvalue weighted by Gasteiger charge is 2.31. The molecule has 0 spiro atoms. The third kappa shape index (κ3) is 5.36. The van der Waals surface area contributed by atoms with Gasteiger partial charge in [-0.25, -0.2) is 0 Å². The molecule has 0 aromatic heterocycles. The van der Waals surface area contributed by atoms with Crippen LogP contribution in [0, 0.1) is 0 Å². The maximum Gasteiger partial charge on any atom is 0.253 e. The molecule has 0 fully saturated rings. The van der Waals surface area contributed by atoms with Crippen molar-refractivity contribution in [1.29, 1.82) is 0 Å². The number of rotatable bonds is 8. The Morgan fingerprint density at radius 1 is 1.19 bits per heavy atom. The molecular formula is C27H35BrN4O4. The zero-order chi connectivity index (χ0) is 26.8. The van der Waals surface area contributed by atoms with Gasteiger partial charge in [0.15, 0.2) is 17.3 Å². The number of fused-ring (bicyclic) bond motifs is 1. The van der Waals surface area contributed by atoms with E-state index in [0.717, 1.165) is 22.4 Å². The summed E-state index contributed by atoms with van der Waals surface area (Å²) < 4.78 is 15.8. The number of carbonyl (C=O) groups is 2. The number of anilines is 1. The van der Waals surface area contributed by atoms with Crippen molar-refractivity contribution < 1.29 is 19.1 Å². The van der Waals surface area contributed by atoms with Crippen molar-refractivity contribution in [3.05, 3.63) is 52.1 Å². The minimum atomic E-state index is -0.251. The Bertz CT molecular complexity index is 1200. The van der Waals surface area contributed by atoms with Crippen molar-refractivity contribution in [2.75, 3.05) is 46.3 Å². The molecule has 0 aliphatic carbocycles. The van der Waals surface area contributed by atoms with Gasteiger partial charge in [-0.05, 0) is 42.2 Å². The Kier molecular flexibility index (Phi) is 8.33. The molecule has 9 heteroatoms. The van der Waals surface area contributed by atoms with Crippen molar-refractivity contribution in [3.8, 4) is 11.5 Å². The third-order valence-corrected chi connectivity index (χ3v) is 6.52. The average Bonchev–Trinajstić information content (AvgIpc) is 3.17. The molecule has 1 N–H and O–H groups in total. The van der Waals surface area contributed by atoms with Crippen molar-refractivity contribution in [2.45, 2.75) is 39.7 Å². The number of Topliss-reactive ketones (excluding diaryl/α,β-unsaturated/α-hetero) is 1. The molecule has 0 atom stereocenters. The monoisotopic (exact) mass is 558 g/mol. The van der Waals surface area contributed by atoms with E-state index in [9.17, 15) is 9.59 Å². The molecular weight excluding hydrogens is 524 g/mol. The average molecular weight is 560 g/mol. The van der Waals surface area contributed by atoms with E-state index in [1.165, 1.54) is 0 Å². The molecule has 1 heterocycles. The van der Waals surface area contributed by atoms with Gasteiger partial charge in [-0.2, -0.15) is 4.02 Å². The number of amidine groups is 1. The van der Waals surface area contributed by atoms with Crippen LogP contribution in [0.3, 0.4) is 0 Å². The number of benzene rings is 2. The molecule has 0 saturated carbocycles. The highest BCUT2D eigenvalue weighted by atomic mass is 79.9. The maximum atomic E-state index is 13.6. The van der Waals surface area contributed by atoms with E-state index in [4.69, 9.17) is 9.47 Å². The molecule has 3 rings (SSSR count). The lowest BCUT2D eigenvalue weighted by atomic mass is 9.84. The number of amides is 1. The number of hydrogen-bond donors (Lipinski definition) is 1. The quantitative estimate of drug-likeness (QED) is 0.478. The highest BCUT2D eigenvalue weighted by molar-refractivity contribution is 9.08. The Morgan fingerprint density at radius 2 is 1.89 bits per heavy atom. The third-order valence-electron chi connectivity index (χ3n) is 6.18. The molecule has 36 heavy (non-hydrogen) atoms. The fraction of sp³-hybridized carbons (Fsp3) is 0.444. The lowest BCUT2D eigenvalue weighted by Gasteiger charge is -2.25. The van der Waals surface area contributed by atoms with Crippen molar-refractivity contribution in [2.24, 2.45) is 4.02 Å². The summed E-state index contributed by atoms with van der Waals surface area (Å²) in [6.07, 6.45) is 0. The van der Waals surface area contributed by atoms with Gasteiger partial charge in [0, 0.05) is 50.1 Å². The van der Waals surface area contributed by atoms with E-state index in [1.807, 2.05) is 49.0 Å². The Balaban J connectivity index is 1.99. The molecule has 0 saturated heterocycles. The minimum Gasteiger partial charge on any atom is -0.493 e. The predicted octanol–water partition coefficient (Wildman–Crippen LogP) is 4.57. The maximum absolute atomic E-state index is 13.6. The van der Waals surface area contributed by atoms with Gasteiger partial charge in [0.2, 0.25) is 0 Å². The predicted molar refractivity (Wildman–Crippen MR) is 147 cm³/mol. The first-order valence-electron chi connectivity index (χ1n) is 11.9. The van der Waals surface area contributed by atoms with Gasteiger partial charge in [0.25, 0.3) is 5.91 Å². The van der Waals surface area contributed by atoms with E-state index in [1.54, 1.807) is 20.2 Å². The van der Waals surface area contributed by atoms with Crippen LogP contribution in [0.25, 0.3) is 0 Å². The number of nitrogens with zero attached hydrogens (tertiary/aromatic N) is 3. The lowest BCUT2D eigenvalue weighted by Crippen LogP contribution is -2.31. The highest BCUT2D eigenvalue weighted by Crippen LogP contribution is 2.40. The molecule has 194 valence electrons. The molecule has 1 aliphatic heterocycles. The van der Waals surface area contributed by atoms with E-state index < -0.39 is 0 Å². The summed E-state index contributed by atoms with van der Waals surface area (Å²) in [7, 11) is 7.02. The van der Waals surface area contributed by atoms with Crippen LogP contribution in [-0.4, -0.2) is 63.8 Å². The fourth-order valence-corrected chi connectivity index (χ4v) is 4.81. The molecule has 0 bridgehead atoms. The number of nitrogens with one attached hydrogen (secondary N) is 1. The Morgan fingerprint density at radius 3 is 2.42 bits per heavy atom. The summed E-state index contributed by atoms with van der Waals surface area (Å²) in [6, 6.07) is 7.47. The van der Waals surface area contributed by atoms with Gasteiger partial charge in [-0.15, -0.1) is 0 Å². The molecule has 8 nitrogen and oxygen atoms in total. The van der Waals surface area contributed by atoms with Gasteiger partial charge in [0.05, 0.1) is 42.0 Å². The second-order valence-corrected chi connectivity index (χ2v) is 10.3. The summed E-state index contributed by atoms with van der Waals surface area (Å²) >= 11 is 3.24. The van der Waals surface area contributed by atoms with Crippen molar-refractivity contribution in [3.63, 3.8) is 0 Å². The number of halogens is 1. The summed E-state index contributed by atoms with van der Waals surface area (Å²) in [4.78, 5) is 29.9. The summed E-state index contributed by atoms with van der Waals surface area (Å²) in [6.45, 7) is 9.21. The summed E-state index contributed by atoms with van der Waals surface area (Å²) in [5.41, 5.74) is 4.38. The topological polar surface area (TPSA) is 83.5 Å². The molecule has 1 aliphatic rings. The van der Waals surface area contributed by atoms with Crippen molar-refractivity contribution in [1.82, 2.24) is 10.2 Å². The normalized spacial score (nSPS) is 14.0. The van der Waals surface area contributed by atoms with Crippen LogP contribution in [0.1, 0.15) is 65.1 Å².